The van der Waals surface area contributed by atoms with E-state index in [9.17, 15) is 9.59 Å². The van der Waals surface area contributed by atoms with Gasteiger partial charge in [-0.2, -0.15) is 0 Å². The lowest BCUT2D eigenvalue weighted by molar-refractivity contribution is -0.117. The number of benzene rings is 2. The second kappa shape index (κ2) is 8.63. The van der Waals surface area contributed by atoms with Crippen LogP contribution in [0.2, 0.25) is 0 Å². The molecule has 2 N–H and O–H groups in total. The number of rotatable bonds is 5. The SMILES string of the molecule is Cc1cccc(NC(=O)c2ccccc2NC(=O)CN2CCCCC2)c1. The van der Waals surface area contributed by atoms with E-state index >= 15 is 0 Å². The Morgan fingerprint density at radius 3 is 2.50 bits per heavy atom. The van der Waals surface area contributed by atoms with Gasteiger partial charge in [0.15, 0.2) is 0 Å². The monoisotopic (exact) mass is 351 g/mol. The first-order valence-electron chi connectivity index (χ1n) is 9.11. The maximum atomic E-state index is 12.6. The number of piperidine rings is 1. The predicted octanol–water partition coefficient (Wildman–Crippen LogP) is 3.67. The number of nitrogens with zero attached hydrogens (tertiary/aromatic N) is 1. The zero-order valence-electron chi connectivity index (χ0n) is 15.1. The highest BCUT2D eigenvalue weighted by molar-refractivity contribution is 6.10. The fraction of sp³-hybridized carbons (Fsp3) is 0.333. The highest BCUT2D eigenvalue weighted by Gasteiger charge is 2.17. The Labute approximate surface area is 154 Å². The molecule has 0 saturated carbocycles. The summed E-state index contributed by atoms with van der Waals surface area (Å²) < 4.78 is 0. The van der Waals surface area contributed by atoms with Gasteiger partial charge in [0, 0.05) is 5.69 Å². The van der Waals surface area contributed by atoms with Crippen molar-refractivity contribution in [2.75, 3.05) is 30.3 Å². The van der Waals surface area contributed by atoms with Crippen molar-refractivity contribution in [2.45, 2.75) is 26.2 Å². The lowest BCUT2D eigenvalue weighted by atomic mass is 10.1. The van der Waals surface area contributed by atoms with Crippen molar-refractivity contribution in [1.29, 1.82) is 0 Å². The zero-order valence-corrected chi connectivity index (χ0v) is 15.1. The quantitative estimate of drug-likeness (QED) is 0.864. The molecular formula is C21H25N3O2. The highest BCUT2D eigenvalue weighted by atomic mass is 16.2. The number of amides is 2. The van der Waals surface area contributed by atoms with Gasteiger partial charge in [-0.15, -0.1) is 0 Å². The van der Waals surface area contributed by atoms with E-state index < -0.39 is 0 Å². The van der Waals surface area contributed by atoms with Crippen LogP contribution in [0.4, 0.5) is 11.4 Å². The van der Waals surface area contributed by atoms with Crippen molar-refractivity contribution in [3.63, 3.8) is 0 Å². The third kappa shape index (κ3) is 4.92. The minimum Gasteiger partial charge on any atom is -0.324 e. The Bertz CT molecular complexity index is 782. The molecule has 2 aromatic carbocycles. The lowest BCUT2D eigenvalue weighted by Crippen LogP contribution is -2.37. The summed E-state index contributed by atoms with van der Waals surface area (Å²) in [6.07, 6.45) is 3.52. The summed E-state index contributed by atoms with van der Waals surface area (Å²) in [4.78, 5) is 27.2. The average molecular weight is 351 g/mol. The van der Waals surface area contributed by atoms with Crippen molar-refractivity contribution >= 4 is 23.2 Å². The van der Waals surface area contributed by atoms with Crippen LogP contribution in [0.3, 0.4) is 0 Å². The standard InChI is InChI=1S/C21H25N3O2/c1-16-8-7-9-17(14-16)22-21(26)18-10-3-4-11-19(18)23-20(25)15-24-12-5-2-6-13-24/h3-4,7-11,14H,2,5-6,12-13,15H2,1H3,(H,22,26)(H,23,25). The number of hydrogen-bond acceptors (Lipinski definition) is 3. The van der Waals surface area contributed by atoms with Gasteiger partial charge in [-0.05, 0) is 62.7 Å². The molecule has 0 unspecified atom stereocenters. The average Bonchev–Trinajstić information content (AvgIpc) is 2.63. The molecular weight excluding hydrogens is 326 g/mol. The lowest BCUT2D eigenvalue weighted by Gasteiger charge is -2.25. The highest BCUT2D eigenvalue weighted by Crippen LogP contribution is 2.18. The maximum Gasteiger partial charge on any atom is 0.257 e. The summed E-state index contributed by atoms with van der Waals surface area (Å²) in [5.74, 6) is -0.313. The number of likely N-dealkylation sites (tertiary alicyclic amines) is 1. The van der Waals surface area contributed by atoms with Crippen molar-refractivity contribution in [1.82, 2.24) is 4.90 Å². The van der Waals surface area contributed by atoms with Crippen molar-refractivity contribution in [2.24, 2.45) is 0 Å². The van der Waals surface area contributed by atoms with Crippen LogP contribution in [0, 0.1) is 6.92 Å². The summed E-state index contributed by atoms with van der Waals surface area (Å²) in [6, 6.07) is 14.7. The van der Waals surface area contributed by atoms with Crippen LogP contribution in [0.5, 0.6) is 0 Å². The molecule has 3 rings (SSSR count). The molecule has 0 aromatic heterocycles. The van der Waals surface area contributed by atoms with E-state index in [0.29, 0.717) is 17.8 Å². The van der Waals surface area contributed by atoms with Gasteiger partial charge in [-0.3, -0.25) is 14.5 Å². The summed E-state index contributed by atoms with van der Waals surface area (Å²) >= 11 is 0. The second-order valence-electron chi connectivity index (χ2n) is 6.75. The topological polar surface area (TPSA) is 61.4 Å². The molecule has 5 heteroatoms. The van der Waals surface area contributed by atoms with Gasteiger partial charge >= 0.3 is 0 Å². The molecule has 0 aliphatic carbocycles. The summed E-state index contributed by atoms with van der Waals surface area (Å²) in [5, 5.41) is 5.79. The number of anilines is 2. The minimum absolute atomic E-state index is 0.0808. The van der Waals surface area contributed by atoms with E-state index in [4.69, 9.17) is 0 Å². The third-order valence-electron chi connectivity index (χ3n) is 4.54. The van der Waals surface area contributed by atoms with Crippen LogP contribution in [0.15, 0.2) is 48.5 Å². The first-order chi connectivity index (χ1) is 12.6. The van der Waals surface area contributed by atoms with Gasteiger partial charge in [0.25, 0.3) is 5.91 Å². The van der Waals surface area contributed by atoms with E-state index in [0.717, 1.165) is 37.2 Å². The first kappa shape index (κ1) is 18.1. The maximum absolute atomic E-state index is 12.6. The summed E-state index contributed by atoms with van der Waals surface area (Å²) in [7, 11) is 0. The second-order valence-corrected chi connectivity index (χ2v) is 6.75. The van der Waals surface area contributed by atoms with Gasteiger partial charge in [-0.1, -0.05) is 30.7 Å². The Hall–Kier alpha value is -2.66. The van der Waals surface area contributed by atoms with Crippen molar-refractivity contribution in [3.05, 3.63) is 59.7 Å². The van der Waals surface area contributed by atoms with Crippen LogP contribution in [0.25, 0.3) is 0 Å². The first-order valence-corrected chi connectivity index (χ1v) is 9.11. The molecule has 1 aliphatic rings. The van der Waals surface area contributed by atoms with Gasteiger partial charge in [0.2, 0.25) is 5.91 Å². The fourth-order valence-electron chi connectivity index (χ4n) is 3.22. The normalized spacial score (nSPS) is 14.7. The number of para-hydroxylation sites is 1. The summed E-state index contributed by atoms with van der Waals surface area (Å²) in [6.45, 7) is 4.27. The molecule has 1 aliphatic heterocycles. The Morgan fingerprint density at radius 2 is 1.73 bits per heavy atom. The molecule has 0 bridgehead atoms. The number of carbonyl (C=O) groups excluding carboxylic acids is 2. The zero-order chi connectivity index (χ0) is 18.4. The molecule has 136 valence electrons. The number of nitrogens with one attached hydrogen (secondary N) is 2. The Kier molecular flexibility index (Phi) is 6.02. The van der Waals surface area contributed by atoms with E-state index in [1.54, 1.807) is 18.2 Å². The van der Waals surface area contributed by atoms with Crippen molar-refractivity contribution < 1.29 is 9.59 Å². The molecule has 26 heavy (non-hydrogen) atoms. The van der Waals surface area contributed by atoms with E-state index in [-0.39, 0.29) is 11.8 Å². The number of hydrogen-bond donors (Lipinski definition) is 2. The number of aryl methyl sites for hydroxylation is 1. The molecule has 1 heterocycles. The van der Waals surface area contributed by atoms with Gasteiger partial charge in [0.1, 0.15) is 0 Å². The van der Waals surface area contributed by atoms with Crippen LogP contribution >= 0.6 is 0 Å². The molecule has 1 fully saturated rings. The van der Waals surface area contributed by atoms with Crippen LogP contribution < -0.4 is 10.6 Å². The minimum atomic E-state index is -0.232. The Balaban J connectivity index is 1.67. The van der Waals surface area contributed by atoms with E-state index in [1.165, 1.54) is 6.42 Å². The fourth-order valence-corrected chi connectivity index (χ4v) is 3.22. The number of carbonyl (C=O) groups is 2. The predicted molar refractivity (Wildman–Crippen MR) is 104 cm³/mol. The van der Waals surface area contributed by atoms with Gasteiger partial charge < -0.3 is 10.6 Å². The molecule has 2 amide bonds. The van der Waals surface area contributed by atoms with Crippen molar-refractivity contribution in [3.8, 4) is 0 Å². The van der Waals surface area contributed by atoms with Gasteiger partial charge in [-0.25, -0.2) is 0 Å². The molecule has 0 atom stereocenters. The Morgan fingerprint density at radius 1 is 0.962 bits per heavy atom. The van der Waals surface area contributed by atoms with Gasteiger partial charge in [0.05, 0.1) is 17.8 Å². The molecule has 0 spiro atoms. The third-order valence-corrected chi connectivity index (χ3v) is 4.54. The molecule has 1 saturated heterocycles. The smallest absolute Gasteiger partial charge is 0.257 e. The van der Waals surface area contributed by atoms with Crippen LogP contribution in [-0.2, 0) is 4.79 Å². The molecule has 0 radical (unpaired) electrons. The molecule has 2 aromatic rings. The van der Waals surface area contributed by atoms with E-state index in [1.807, 2.05) is 37.3 Å². The van der Waals surface area contributed by atoms with Crippen LogP contribution in [0.1, 0.15) is 35.2 Å². The largest absolute Gasteiger partial charge is 0.324 e. The van der Waals surface area contributed by atoms with E-state index in [2.05, 4.69) is 15.5 Å². The summed E-state index contributed by atoms with van der Waals surface area (Å²) in [5.41, 5.74) is 2.82. The molecule has 5 nitrogen and oxygen atoms in total. The van der Waals surface area contributed by atoms with Crippen LogP contribution in [-0.4, -0.2) is 36.3 Å².